The lowest BCUT2D eigenvalue weighted by atomic mass is 9.88. The summed E-state index contributed by atoms with van der Waals surface area (Å²) in [6, 6.07) is 8.72. The highest BCUT2D eigenvalue weighted by molar-refractivity contribution is 7.91. The number of hydrogen-bond acceptors (Lipinski definition) is 11. The monoisotopic (exact) mass is 848 g/mol. The number of carbonyl (C=O) groups excluding carboxylic acids is 3. The fraction of sp³-hybridized carbons (Fsp3) is 0.524. The zero-order valence-corrected chi connectivity index (χ0v) is 35.5. The number of nitrogens with one attached hydrogen (secondary N) is 3. The number of thiazole rings is 1. The molecule has 1 aromatic carbocycles. The number of hydrogen-bond donors (Lipinski definition) is 4. The van der Waals surface area contributed by atoms with Crippen molar-refractivity contribution in [2.24, 2.45) is 17.8 Å². The number of allylic oxidation sites excluding steroid dienone is 1. The summed E-state index contributed by atoms with van der Waals surface area (Å²) in [7, 11) is -4.02. The van der Waals surface area contributed by atoms with Gasteiger partial charge in [-0.05, 0) is 95.4 Å². The Hall–Kier alpha value is -5.03. The lowest BCUT2D eigenvalue weighted by Gasteiger charge is -2.32. The van der Waals surface area contributed by atoms with Gasteiger partial charge in [-0.25, -0.2) is 18.2 Å². The number of carboxylic acid groups (broad SMARTS) is 1. The van der Waals surface area contributed by atoms with Crippen LogP contribution in [0.5, 0.6) is 11.5 Å². The Bertz CT molecular complexity index is 2210. The molecule has 3 fully saturated rings. The fourth-order valence-electron chi connectivity index (χ4n) is 8.09. The third-order valence-electron chi connectivity index (χ3n) is 11.8. The average molecular weight is 849 g/mol. The number of pyridine rings is 1. The molecule has 2 aromatic heterocycles. The van der Waals surface area contributed by atoms with Gasteiger partial charge in [-0.2, -0.15) is 0 Å². The number of ether oxygens (including phenoxy) is 2. The molecule has 316 valence electrons. The molecule has 0 spiro atoms. The third-order valence-corrected chi connectivity index (χ3v) is 14.8. The van der Waals surface area contributed by atoms with Gasteiger partial charge in [-0.1, -0.05) is 26.0 Å². The molecular formula is C42H52N6O9S2. The Morgan fingerprint density at radius 3 is 2.46 bits per heavy atom. The SMILES string of the molecule is CC(C)Oc1ccc(-c2cc(O[C@@H]3C[C@H]4C(=O)N[C@]5(C(=O)NS(=O)(=O)C6(C)CC6)C[C@H]5C=CCC[C@H](C)C[C@@H](C)[C@H](NC(=O)O)C(=O)N4C3)cc(-c3cncs3)n2)cc1. The van der Waals surface area contributed by atoms with Gasteiger partial charge in [0.1, 0.15) is 35.2 Å². The van der Waals surface area contributed by atoms with Crippen molar-refractivity contribution in [3.05, 3.63) is 60.3 Å². The van der Waals surface area contributed by atoms with Crippen LogP contribution < -0.4 is 24.8 Å². The van der Waals surface area contributed by atoms with Crippen LogP contribution in [-0.2, 0) is 24.4 Å². The summed E-state index contributed by atoms with van der Waals surface area (Å²) in [4.78, 5) is 66.4. The Morgan fingerprint density at radius 2 is 1.80 bits per heavy atom. The molecule has 1 saturated heterocycles. The number of carbonyl (C=O) groups is 4. The first-order valence-electron chi connectivity index (χ1n) is 20.2. The van der Waals surface area contributed by atoms with E-state index in [0.29, 0.717) is 48.6 Å². The van der Waals surface area contributed by atoms with Crippen LogP contribution in [-0.4, -0.2) is 93.3 Å². The molecule has 0 bridgehead atoms. The largest absolute Gasteiger partial charge is 0.491 e. The summed E-state index contributed by atoms with van der Waals surface area (Å²) in [5.41, 5.74) is 2.15. The minimum absolute atomic E-state index is 0.00230. The van der Waals surface area contributed by atoms with Crippen LogP contribution in [0.3, 0.4) is 0 Å². The predicted molar refractivity (Wildman–Crippen MR) is 221 cm³/mol. The lowest BCUT2D eigenvalue weighted by Crippen LogP contribution is -2.59. The van der Waals surface area contributed by atoms with E-state index < -0.39 is 74.1 Å². The Balaban J connectivity index is 1.22. The second-order valence-electron chi connectivity index (χ2n) is 17.0. The second kappa shape index (κ2) is 16.6. The van der Waals surface area contributed by atoms with E-state index in [1.54, 1.807) is 30.8 Å². The van der Waals surface area contributed by atoms with Crippen LogP contribution in [0, 0.1) is 17.8 Å². The molecule has 2 saturated carbocycles. The van der Waals surface area contributed by atoms with Crippen molar-refractivity contribution in [1.29, 1.82) is 0 Å². The van der Waals surface area contributed by atoms with Crippen molar-refractivity contribution in [3.8, 4) is 33.3 Å². The number of aromatic nitrogens is 2. The molecule has 59 heavy (non-hydrogen) atoms. The zero-order valence-electron chi connectivity index (χ0n) is 33.8. The molecule has 4 heterocycles. The number of rotatable bonds is 10. The van der Waals surface area contributed by atoms with Gasteiger partial charge >= 0.3 is 6.09 Å². The van der Waals surface area contributed by atoms with Gasteiger partial charge in [0.2, 0.25) is 21.8 Å². The molecule has 7 atom stereocenters. The summed E-state index contributed by atoms with van der Waals surface area (Å²) < 4.78 is 40.1. The van der Waals surface area contributed by atoms with Gasteiger partial charge in [0, 0.05) is 36.2 Å². The third kappa shape index (κ3) is 9.25. The quantitative estimate of drug-likeness (QED) is 0.187. The standard InChI is InChI=1S/C42H52N6O9S2/c1-24(2)56-29-12-10-27(11-13-29)32-17-30(18-33(44-32)35-21-43-23-58-35)57-31-19-34-37(49)46-42(39(51)47-59(54,55)41(5)14-15-41)20-28(42)9-7-6-8-25(3)16-26(4)36(45-40(52)53)38(50)48(34)22-31/h7,9-13,17-18,21,23-26,28,31,34,36,45H,6,8,14-16,19-20,22H2,1-5H3,(H,46,49)(H,47,51)(H,52,53)/t25-,26+,28+,31+,34-,36-,42+/m0/s1. The highest BCUT2D eigenvalue weighted by Crippen LogP contribution is 2.48. The number of fused-ring (bicyclic) bond motifs is 2. The van der Waals surface area contributed by atoms with E-state index in [4.69, 9.17) is 14.5 Å². The Kier molecular flexibility index (Phi) is 11.8. The van der Waals surface area contributed by atoms with E-state index in [-0.39, 0.29) is 31.4 Å². The minimum atomic E-state index is -4.02. The molecule has 15 nitrogen and oxygen atoms in total. The van der Waals surface area contributed by atoms with Crippen molar-refractivity contribution in [1.82, 2.24) is 30.2 Å². The highest BCUT2D eigenvalue weighted by atomic mass is 32.2. The average Bonchev–Trinajstić information content (AvgIpc) is 3.92. The molecular weight excluding hydrogens is 797 g/mol. The number of benzene rings is 1. The fourth-order valence-corrected chi connectivity index (χ4v) is 9.98. The zero-order chi connectivity index (χ0) is 42.3. The lowest BCUT2D eigenvalue weighted by molar-refractivity contribution is -0.142. The molecule has 0 radical (unpaired) electrons. The van der Waals surface area contributed by atoms with E-state index in [9.17, 15) is 32.7 Å². The maximum Gasteiger partial charge on any atom is 0.405 e. The summed E-state index contributed by atoms with van der Waals surface area (Å²) >= 11 is 1.41. The van der Waals surface area contributed by atoms with E-state index in [0.717, 1.165) is 16.9 Å². The maximum absolute atomic E-state index is 14.6. The highest BCUT2D eigenvalue weighted by Gasteiger charge is 2.63. The molecule has 7 rings (SSSR count). The molecule has 2 aliphatic carbocycles. The molecule has 4 aliphatic rings. The minimum Gasteiger partial charge on any atom is -0.491 e. The van der Waals surface area contributed by atoms with Crippen molar-refractivity contribution in [2.75, 3.05) is 6.54 Å². The molecule has 4 amide bonds. The normalized spacial score (nSPS) is 28.0. The van der Waals surface area contributed by atoms with Gasteiger partial charge < -0.3 is 30.1 Å². The first kappa shape index (κ1) is 42.1. The van der Waals surface area contributed by atoms with Crippen LogP contribution in [0.2, 0.25) is 0 Å². The van der Waals surface area contributed by atoms with Crippen LogP contribution in [0.15, 0.2) is 60.3 Å². The van der Waals surface area contributed by atoms with Gasteiger partial charge in [0.15, 0.2) is 0 Å². The first-order chi connectivity index (χ1) is 28.0. The maximum atomic E-state index is 14.6. The van der Waals surface area contributed by atoms with Crippen molar-refractivity contribution in [3.63, 3.8) is 0 Å². The Morgan fingerprint density at radius 1 is 1.07 bits per heavy atom. The van der Waals surface area contributed by atoms with Crippen molar-refractivity contribution < 1.29 is 42.2 Å². The second-order valence-corrected chi connectivity index (χ2v) is 20.1. The van der Waals surface area contributed by atoms with Gasteiger partial charge in [0.25, 0.3) is 5.91 Å². The molecule has 0 unspecified atom stereocenters. The number of amides is 4. The molecule has 4 N–H and O–H groups in total. The predicted octanol–water partition coefficient (Wildman–Crippen LogP) is 5.53. The topological polar surface area (TPSA) is 206 Å². The summed E-state index contributed by atoms with van der Waals surface area (Å²) in [6.45, 7) is 9.26. The van der Waals surface area contributed by atoms with E-state index in [1.807, 2.05) is 64.1 Å². The van der Waals surface area contributed by atoms with E-state index >= 15 is 0 Å². The van der Waals surface area contributed by atoms with E-state index in [2.05, 4.69) is 20.3 Å². The molecule has 3 aromatic rings. The van der Waals surface area contributed by atoms with Crippen LogP contribution in [0.1, 0.15) is 79.6 Å². The summed E-state index contributed by atoms with van der Waals surface area (Å²) in [6.07, 6.45) is 6.31. The summed E-state index contributed by atoms with van der Waals surface area (Å²) in [5, 5.41) is 15.2. The first-order valence-corrected chi connectivity index (χ1v) is 22.5. The van der Waals surface area contributed by atoms with Crippen LogP contribution in [0.4, 0.5) is 4.79 Å². The van der Waals surface area contributed by atoms with Gasteiger partial charge in [-0.3, -0.25) is 24.1 Å². The smallest absolute Gasteiger partial charge is 0.405 e. The van der Waals surface area contributed by atoms with Gasteiger partial charge in [-0.15, -0.1) is 11.3 Å². The van der Waals surface area contributed by atoms with Gasteiger partial charge in [0.05, 0.1) is 39.2 Å². The molecule has 2 aliphatic heterocycles. The molecule has 17 heteroatoms. The Labute approximate surface area is 348 Å². The van der Waals surface area contributed by atoms with Crippen molar-refractivity contribution >= 4 is 45.2 Å². The number of sulfonamides is 1. The van der Waals surface area contributed by atoms with Crippen molar-refractivity contribution in [2.45, 2.75) is 114 Å². The number of nitrogens with zero attached hydrogens (tertiary/aromatic N) is 3. The van der Waals surface area contributed by atoms with Crippen LogP contribution >= 0.6 is 11.3 Å². The van der Waals surface area contributed by atoms with E-state index in [1.165, 1.54) is 16.2 Å². The van der Waals surface area contributed by atoms with Crippen LogP contribution in [0.25, 0.3) is 21.8 Å². The summed E-state index contributed by atoms with van der Waals surface area (Å²) in [5.74, 6) is -1.73.